The summed E-state index contributed by atoms with van der Waals surface area (Å²) in [7, 11) is 2.94. The van der Waals surface area contributed by atoms with Gasteiger partial charge in [-0.25, -0.2) is 0 Å². The zero-order chi connectivity index (χ0) is 11.9. The molecule has 1 saturated carbocycles. The number of ether oxygens (including phenoxy) is 2. The molecule has 4 heteroatoms. The quantitative estimate of drug-likeness (QED) is 0.662. The molecule has 0 N–H and O–H groups in total. The Kier molecular flexibility index (Phi) is 2.37. The minimum atomic E-state index is -0.784. The number of Topliss-reactive ketones (excluding diaryl/α,β-unsaturated/α-hetero) is 2. The number of rotatable bonds is 2. The predicted octanol–water partition coefficient (Wildman–Crippen LogP) is 1.37. The van der Waals surface area contributed by atoms with E-state index in [1.165, 1.54) is 14.2 Å². The van der Waals surface area contributed by atoms with Crippen LogP contribution < -0.4 is 0 Å². The van der Waals surface area contributed by atoms with Crippen LogP contribution in [0.1, 0.15) is 19.3 Å². The summed E-state index contributed by atoms with van der Waals surface area (Å²) in [5.74, 6) is 0.561. The minimum absolute atomic E-state index is 0.0267. The van der Waals surface area contributed by atoms with Gasteiger partial charge in [0, 0.05) is 18.4 Å². The Morgan fingerprint density at radius 2 is 1.94 bits per heavy atom. The van der Waals surface area contributed by atoms with Gasteiger partial charge in [-0.2, -0.15) is 0 Å². The Morgan fingerprint density at radius 1 is 1.25 bits per heavy atom. The summed E-state index contributed by atoms with van der Waals surface area (Å²) >= 11 is 0. The molecule has 0 aliphatic heterocycles. The van der Waals surface area contributed by atoms with Crippen molar-refractivity contribution in [1.29, 1.82) is 0 Å². The number of allylic oxidation sites excluding steroid dienone is 3. The van der Waals surface area contributed by atoms with Crippen molar-refractivity contribution in [2.45, 2.75) is 19.3 Å². The molecule has 1 unspecified atom stereocenters. The third-order valence-corrected chi connectivity index (χ3v) is 3.50. The van der Waals surface area contributed by atoms with Crippen LogP contribution in [0, 0.1) is 5.41 Å². The third-order valence-electron chi connectivity index (χ3n) is 3.50. The fraction of sp³-hybridized carbons (Fsp3) is 0.500. The average molecular weight is 222 g/mol. The van der Waals surface area contributed by atoms with Crippen LogP contribution in [0.5, 0.6) is 0 Å². The van der Waals surface area contributed by atoms with Crippen molar-refractivity contribution in [3.63, 3.8) is 0 Å². The molecule has 0 heterocycles. The van der Waals surface area contributed by atoms with Gasteiger partial charge in [0.1, 0.15) is 5.76 Å². The van der Waals surface area contributed by atoms with Crippen LogP contribution in [-0.4, -0.2) is 25.8 Å². The molecule has 1 fully saturated rings. The molecule has 86 valence electrons. The standard InChI is InChI=1S/C12H14O4/c1-7-8(13)4-5-12(7)6-9(15-2)10(16-3)11(12)14/h1,4-6H2,2-3H3. The molecule has 0 bridgehead atoms. The third kappa shape index (κ3) is 1.16. The summed E-state index contributed by atoms with van der Waals surface area (Å²) in [5, 5.41) is 0. The molecule has 1 spiro atoms. The van der Waals surface area contributed by atoms with E-state index in [4.69, 9.17) is 9.47 Å². The van der Waals surface area contributed by atoms with E-state index in [9.17, 15) is 9.59 Å². The van der Waals surface area contributed by atoms with Gasteiger partial charge in [0.2, 0.25) is 11.5 Å². The molecule has 4 nitrogen and oxygen atoms in total. The number of hydrogen-bond donors (Lipinski definition) is 0. The lowest BCUT2D eigenvalue weighted by molar-refractivity contribution is -0.125. The monoisotopic (exact) mass is 222 g/mol. The fourth-order valence-corrected chi connectivity index (χ4v) is 2.49. The lowest BCUT2D eigenvalue weighted by Gasteiger charge is -2.21. The molecule has 16 heavy (non-hydrogen) atoms. The Hall–Kier alpha value is -1.58. The summed E-state index contributed by atoms with van der Waals surface area (Å²) in [4.78, 5) is 23.7. The zero-order valence-corrected chi connectivity index (χ0v) is 9.46. The van der Waals surface area contributed by atoms with E-state index in [1.807, 2.05) is 0 Å². The van der Waals surface area contributed by atoms with Crippen LogP contribution in [0.4, 0.5) is 0 Å². The van der Waals surface area contributed by atoms with Crippen LogP contribution in [-0.2, 0) is 19.1 Å². The molecular weight excluding hydrogens is 208 g/mol. The Morgan fingerprint density at radius 3 is 2.31 bits per heavy atom. The first kappa shape index (κ1) is 10.9. The van der Waals surface area contributed by atoms with Gasteiger partial charge in [-0.15, -0.1) is 0 Å². The van der Waals surface area contributed by atoms with Gasteiger partial charge in [-0.3, -0.25) is 9.59 Å². The molecule has 0 aromatic heterocycles. The van der Waals surface area contributed by atoms with Crippen LogP contribution in [0.15, 0.2) is 23.7 Å². The molecule has 0 saturated heterocycles. The van der Waals surface area contributed by atoms with Crippen molar-refractivity contribution < 1.29 is 19.1 Å². The second kappa shape index (κ2) is 3.47. The van der Waals surface area contributed by atoms with Gasteiger partial charge in [-0.05, 0) is 6.42 Å². The maximum atomic E-state index is 12.2. The predicted molar refractivity (Wildman–Crippen MR) is 56.5 cm³/mol. The van der Waals surface area contributed by atoms with Crippen LogP contribution >= 0.6 is 0 Å². The first-order chi connectivity index (χ1) is 7.56. The molecule has 1 atom stereocenters. The largest absolute Gasteiger partial charge is 0.497 e. The Balaban J connectivity index is 2.41. The van der Waals surface area contributed by atoms with Gasteiger partial charge < -0.3 is 9.47 Å². The van der Waals surface area contributed by atoms with Crippen molar-refractivity contribution >= 4 is 11.6 Å². The van der Waals surface area contributed by atoms with E-state index in [0.29, 0.717) is 30.6 Å². The van der Waals surface area contributed by atoms with Gasteiger partial charge in [0.15, 0.2) is 5.78 Å². The summed E-state index contributed by atoms with van der Waals surface area (Å²) in [5.41, 5.74) is -0.382. The summed E-state index contributed by atoms with van der Waals surface area (Å²) in [6.07, 6.45) is 1.30. The van der Waals surface area contributed by atoms with Gasteiger partial charge in [0.25, 0.3) is 0 Å². The molecule has 2 aliphatic rings. The van der Waals surface area contributed by atoms with Gasteiger partial charge in [-0.1, -0.05) is 6.58 Å². The van der Waals surface area contributed by atoms with Crippen molar-refractivity contribution in [2.75, 3.05) is 14.2 Å². The normalized spacial score (nSPS) is 29.5. The van der Waals surface area contributed by atoms with Gasteiger partial charge in [0.05, 0.1) is 19.6 Å². The zero-order valence-electron chi connectivity index (χ0n) is 9.46. The highest BCUT2D eigenvalue weighted by molar-refractivity contribution is 6.13. The highest BCUT2D eigenvalue weighted by Crippen LogP contribution is 2.51. The maximum absolute atomic E-state index is 12.2. The second-order valence-electron chi connectivity index (χ2n) is 4.15. The molecule has 2 rings (SSSR count). The lowest BCUT2D eigenvalue weighted by atomic mass is 9.79. The molecule has 2 aliphatic carbocycles. The smallest absolute Gasteiger partial charge is 0.211 e. The second-order valence-corrected chi connectivity index (χ2v) is 4.15. The number of ketones is 2. The first-order valence-electron chi connectivity index (χ1n) is 5.15. The number of methoxy groups -OCH3 is 2. The maximum Gasteiger partial charge on any atom is 0.211 e. The number of carbonyl (C=O) groups excluding carboxylic acids is 2. The number of hydrogen-bond acceptors (Lipinski definition) is 4. The van der Waals surface area contributed by atoms with Crippen LogP contribution in [0.2, 0.25) is 0 Å². The Bertz CT molecular complexity index is 419. The summed E-state index contributed by atoms with van der Waals surface area (Å²) in [6, 6.07) is 0. The highest BCUT2D eigenvalue weighted by atomic mass is 16.5. The molecule has 0 radical (unpaired) electrons. The van der Waals surface area contributed by atoms with E-state index >= 15 is 0 Å². The topological polar surface area (TPSA) is 52.6 Å². The number of carbonyl (C=O) groups is 2. The van der Waals surface area contributed by atoms with Crippen molar-refractivity contribution in [2.24, 2.45) is 5.41 Å². The van der Waals surface area contributed by atoms with Crippen molar-refractivity contribution in [3.05, 3.63) is 23.7 Å². The van der Waals surface area contributed by atoms with E-state index in [-0.39, 0.29) is 17.3 Å². The average Bonchev–Trinajstić information content (AvgIpc) is 2.73. The van der Waals surface area contributed by atoms with Gasteiger partial charge >= 0.3 is 0 Å². The lowest BCUT2D eigenvalue weighted by Crippen LogP contribution is -2.27. The van der Waals surface area contributed by atoms with Crippen molar-refractivity contribution in [1.82, 2.24) is 0 Å². The van der Waals surface area contributed by atoms with Crippen molar-refractivity contribution in [3.8, 4) is 0 Å². The molecule has 0 aromatic carbocycles. The summed E-state index contributed by atoms with van der Waals surface area (Å²) in [6.45, 7) is 3.75. The Labute approximate surface area is 93.9 Å². The van der Waals surface area contributed by atoms with E-state index < -0.39 is 5.41 Å². The molecular formula is C12H14O4. The van der Waals surface area contributed by atoms with E-state index in [0.717, 1.165) is 0 Å². The van der Waals surface area contributed by atoms with E-state index in [1.54, 1.807) is 0 Å². The SMILES string of the molecule is C=C1C(=O)CCC12CC(OC)=C(OC)C2=O. The minimum Gasteiger partial charge on any atom is -0.497 e. The molecule has 0 amide bonds. The first-order valence-corrected chi connectivity index (χ1v) is 5.15. The molecule has 0 aromatic rings. The highest BCUT2D eigenvalue weighted by Gasteiger charge is 2.55. The van der Waals surface area contributed by atoms with Crippen LogP contribution in [0.3, 0.4) is 0 Å². The van der Waals surface area contributed by atoms with Crippen LogP contribution in [0.25, 0.3) is 0 Å². The summed E-state index contributed by atoms with van der Waals surface area (Å²) < 4.78 is 10.2. The van der Waals surface area contributed by atoms with E-state index in [2.05, 4.69) is 6.58 Å². The fourth-order valence-electron chi connectivity index (χ4n) is 2.49.